The second-order valence-electron chi connectivity index (χ2n) is 8.94. The van der Waals surface area contributed by atoms with Gasteiger partial charge in [0.25, 0.3) is 0 Å². The lowest BCUT2D eigenvalue weighted by Crippen LogP contribution is -2.20. The van der Waals surface area contributed by atoms with Gasteiger partial charge in [-0.15, -0.1) is 11.6 Å². The number of aliphatic hydroxyl groups excluding tert-OH is 2. The van der Waals surface area contributed by atoms with Gasteiger partial charge in [-0.05, 0) is 48.1 Å². The van der Waals surface area contributed by atoms with Gasteiger partial charge >= 0.3 is 5.97 Å². The number of carbonyl (C=O) groups is 1. The molecule has 0 amide bonds. The standard InChI is InChI=1S/C23H33ClO4/c1-23(2,3)22(28)16-12-10-15(11-13-16)21-17(18(24)14-19(21)25)8-6-4-5-7-9-20(26)27/h4,6,10-13,17-19,21-22,25,28H,5,7-9,14H2,1-3H3,(H,26,27)/b6-4-/t17-,18-,19+,21+,22?/m0/s1. The van der Waals surface area contributed by atoms with Crippen LogP contribution in [-0.2, 0) is 4.79 Å². The van der Waals surface area contributed by atoms with Crippen LogP contribution in [-0.4, -0.2) is 32.8 Å². The van der Waals surface area contributed by atoms with Crippen molar-refractivity contribution in [2.45, 2.75) is 76.4 Å². The average Bonchev–Trinajstić information content (AvgIpc) is 2.90. The van der Waals surface area contributed by atoms with Crippen LogP contribution in [0.1, 0.15) is 76.0 Å². The van der Waals surface area contributed by atoms with Crippen LogP contribution in [0.3, 0.4) is 0 Å². The van der Waals surface area contributed by atoms with Crippen LogP contribution in [0.25, 0.3) is 0 Å². The minimum atomic E-state index is -0.770. The van der Waals surface area contributed by atoms with Gasteiger partial charge in [-0.1, -0.05) is 57.2 Å². The van der Waals surface area contributed by atoms with E-state index in [4.69, 9.17) is 16.7 Å². The number of unbranched alkanes of at least 4 members (excludes halogenated alkanes) is 1. The highest BCUT2D eigenvalue weighted by molar-refractivity contribution is 6.21. The van der Waals surface area contributed by atoms with Gasteiger partial charge in [0, 0.05) is 17.7 Å². The molecule has 4 nitrogen and oxygen atoms in total. The molecular weight excluding hydrogens is 376 g/mol. The highest BCUT2D eigenvalue weighted by atomic mass is 35.5. The average molecular weight is 409 g/mol. The lowest BCUT2D eigenvalue weighted by Gasteiger charge is -2.27. The zero-order chi connectivity index (χ0) is 20.9. The van der Waals surface area contributed by atoms with Crippen LogP contribution in [0.5, 0.6) is 0 Å². The third kappa shape index (κ3) is 6.07. The molecule has 0 aliphatic heterocycles. The summed E-state index contributed by atoms with van der Waals surface area (Å²) >= 11 is 6.53. The molecule has 2 rings (SSSR count). The summed E-state index contributed by atoms with van der Waals surface area (Å²) in [6, 6.07) is 7.88. The van der Waals surface area contributed by atoms with Crippen molar-refractivity contribution < 1.29 is 20.1 Å². The SMILES string of the molecule is CC(C)(C)C(O)c1ccc([C@@H]2[C@@H](C/C=C\CCCC(=O)O)[C@@H](Cl)C[C@H]2O)cc1. The topological polar surface area (TPSA) is 77.8 Å². The molecule has 1 unspecified atom stereocenters. The summed E-state index contributed by atoms with van der Waals surface area (Å²) in [7, 11) is 0. The predicted octanol–water partition coefficient (Wildman–Crippen LogP) is 5.04. The molecule has 0 aromatic heterocycles. The summed E-state index contributed by atoms with van der Waals surface area (Å²) < 4.78 is 0. The van der Waals surface area contributed by atoms with Gasteiger partial charge in [-0.2, -0.15) is 0 Å². The number of alkyl halides is 1. The molecule has 28 heavy (non-hydrogen) atoms. The summed E-state index contributed by atoms with van der Waals surface area (Å²) in [6.45, 7) is 6.01. The number of carboxylic acid groups (broad SMARTS) is 1. The molecule has 1 aromatic carbocycles. The Kier molecular flexibility index (Phi) is 8.11. The van der Waals surface area contributed by atoms with Gasteiger partial charge in [-0.3, -0.25) is 4.79 Å². The highest BCUT2D eigenvalue weighted by Gasteiger charge is 2.41. The Bertz CT molecular complexity index is 662. The molecule has 1 aromatic rings. The zero-order valence-corrected chi connectivity index (χ0v) is 17.8. The first-order chi connectivity index (χ1) is 13.1. The Morgan fingerprint density at radius 1 is 1.25 bits per heavy atom. The van der Waals surface area contributed by atoms with Gasteiger partial charge in [0.1, 0.15) is 0 Å². The van der Waals surface area contributed by atoms with Crippen molar-refractivity contribution >= 4 is 17.6 Å². The zero-order valence-electron chi connectivity index (χ0n) is 17.0. The number of aliphatic hydroxyl groups is 2. The van der Waals surface area contributed by atoms with Crippen molar-refractivity contribution in [1.82, 2.24) is 0 Å². The van der Waals surface area contributed by atoms with Gasteiger partial charge in [0.05, 0.1) is 12.2 Å². The quantitative estimate of drug-likeness (QED) is 0.320. The molecule has 0 spiro atoms. The lowest BCUT2D eigenvalue weighted by atomic mass is 9.82. The molecule has 1 aliphatic carbocycles. The van der Waals surface area contributed by atoms with E-state index in [9.17, 15) is 15.0 Å². The Labute approximate surface area is 173 Å². The number of hydrogen-bond acceptors (Lipinski definition) is 3. The first kappa shape index (κ1) is 22.9. The number of aliphatic carboxylic acids is 1. The molecule has 0 bridgehead atoms. The van der Waals surface area contributed by atoms with E-state index in [2.05, 4.69) is 6.08 Å². The second kappa shape index (κ2) is 9.91. The highest BCUT2D eigenvalue weighted by Crippen LogP contribution is 2.45. The lowest BCUT2D eigenvalue weighted by molar-refractivity contribution is -0.137. The van der Waals surface area contributed by atoms with Crippen molar-refractivity contribution in [3.63, 3.8) is 0 Å². The Hall–Kier alpha value is -1.36. The minimum Gasteiger partial charge on any atom is -0.481 e. The predicted molar refractivity (Wildman–Crippen MR) is 113 cm³/mol. The molecular formula is C23H33ClO4. The molecule has 0 saturated heterocycles. The molecule has 5 heteroatoms. The van der Waals surface area contributed by atoms with Crippen molar-refractivity contribution in [2.75, 3.05) is 0 Å². The fourth-order valence-corrected chi connectivity index (χ4v) is 4.41. The molecule has 1 saturated carbocycles. The Balaban J connectivity index is 2.05. The van der Waals surface area contributed by atoms with Gasteiger partial charge in [0.15, 0.2) is 0 Å². The molecule has 3 N–H and O–H groups in total. The van der Waals surface area contributed by atoms with E-state index >= 15 is 0 Å². The van der Waals surface area contributed by atoms with Gasteiger partial charge < -0.3 is 15.3 Å². The van der Waals surface area contributed by atoms with Gasteiger partial charge in [-0.25, -0.2) is 0 Å². The second-order valence-corrected chi connectivity index (χ2v) is 9.50. The largest absolute Gasteiger partial charge is 0.481 e. The van der Waals surface area contributed by atoms with E-state index in [-0.39, 0.29) is 29.0 Å². The number of benzene rings is 1. The van der Waals surface area contributed by atoms with Crippen LogP contribution in [0.15, 0.2) is 36.4 Å². The molecule has 0 radical (unpaired) electrons. The Morgan fingerprint density at radius 2 is 1.89 bits per heavy atom. The van der Waals surface area contributed by atoms with Crippen molar-refractivity contribution in [2.24, 2.45) is 11.3 Å². The van der Waals surface area contributed by atoms with E-state index in [0.717, 1.165) is 24.0 Å². The molecule has 0 heterocycles. The van der Waals surface area contributed by atoms with Crippen molar-refractivity contribution in [3.05, 3.63) is 47.5 Å². The van der Waals surface area contributed by atoms with Crippen LogP contribution in [0.2, 0.25) is 0 Å². The van der Waals surface area contributed by atoms with Gasteiger partial charge in [0.2, 0.25) is 0 Å². The fraction of sp³-hybridized carbons (Fsp3) is 0.609. The first-order valence-electron chi connectivity index (χ1n) is 10.1. The van der Waals surface area contributed by atoms with Crippen molar-refractivity contribution in [1.29, 1.82) is 0 Å². The van der Waals surface area contributed by atoms with E-state index in [1.54, 1.807) is 0 Å². The minimum absolute atomic E-state index is 0.0352. The van der Waals surface area contributed by atoms with Crippen LogP contribution in [0.4, 0.5) is 0 Å². The maximum atomic E-state index is 10.6. The summed E-state index contributed by atoms with van der Waals surface area (Å²) in [5.74, 6) is -0.675. The van der Waals surface area contributed by atoms with Crippen LogP contribution >= 0.6 is 11.6 Å². The van der Waals surface area contributed by atoms with E-state index in [1.807, 2.05) is 51.1 Å². The number of rotatable bonds is 8. The molecule has 1 fully saturated rings. The summed E-state index contributed by atoms with van der Waals surface area (Å²) in [6.07, 6.45) is 5.92. The maximum absolute atomic E-state index is 10.6. The maximum Gasteiger partial charge on any atom is 0.303 e. The number of carboxylic acids is 1. The van der Waals surface area contributed by atoms with E-state index < -0.39 is 18.2 Å². The molecule has 156 valence electrons. The van der Waals surface area contributed by atoms with Crippen LogP contribution < -0.4 is 0 Å². The molecule has 1 aliphatic rings. The third-order valence-electron chi connectivity index (χ3n) is 5.60. The first-order valence-corrected chi connectivity index (χ1v) is 10.5. The van der Waals surface area contributed by atoms with Crippen LogP contribution in [0, 0.1) is 11.3 Å². The normalized spacial score (nSPS) is 26.6. The summed E-state index contributed by atoms with van der Waals surface area (Å²) in [5.41, 5.74) is 1.69. The monoisotopic (exact) mass is 408 g/mol. The third-order valence-corrected chi connectivity index (χ3v) is 6.10. The number of allylic oxidation sites excluding steroid dienone is 2. The smallest absolute Gasteiger partial charge is 0.303 e. The summed E-state index contributed by atoms with van der Waals surface area (Å²) in [5, 5.41) is 29.6. The van der Waals surface area contributed by atoms with Crippen molar-refractivity contribution in [3.8, 4) is 0 Å². The van der Waals surface area contributed by atoms with E-state index in [0.29, 0.717) is 12.8 Å². The summed E-state index contributed by atoms with van der Waals surface area (Å²) in [4.78, 5) is 10.6. The number of halogens is 1. The molecule has 5 atom stereocenters. The van der Waals surface area contributed by atoms with E-state index in [1.165, 1.54) is 0 Å². The number of hydrogen-bond donors (Lipinski definition) is 3. The Morgan fingerprint density at radius 3 is 2.46 bits per heavy atom. The fourth-order valence-electron chi connectivity index (χ4n) is 3.97.